The van der Waals surface area contributed by atoms with Crippen molar-refractivity contribution in [2.24, 2.45) is 0 Å². The highest BCUT2D eigenvalue weighted by molar-refractivity contribution is 5.90. The van der Waals surface area contributed by atoms with Crippen LogP contribution in [-0.4, -0.2) is 29.5 Å². The van der Waals surface area contributed by atoms with Gasteiger partial charge >= 0.3 is 12.3 Å². The predicted octanol–water partition coefficient (Wildman–Crippen LogP) is 3.62. The molecule has 0 aliphatic rings. The van der Waals surface area contributed by atoms with Gasteiger partial charge in [0.2, 0.25) is 5.95 Å². The summed E-state index contributed by atoms with van der Waals surface area (Å²) in [6.45, 7) is 0. The number of aromatic nitrogens is 1. The molecular formula is C14H9F4NO5. The topological polar surface area (TPSA) is 77.9 Å². The van der Waals surface area contributed by atoms with Crippen LogP contribution in [0.25, 0.3) is 0 Å². The zero-order valence-corrected chi connectivity index (χ0v) is 11.9. The zero-order valence-electron chi connectivity index (χ0n) is 11.9. The molecule has 0 bridgehead atoms. The summed E-state index contributed by atoms with van der Waals surface area (Å²) in [6.07, 6.45) is -4.05. The summed E-state index contributed by atoms with van der Waals surface area (Å²) in [5, 5.41) is 9.02. The third kappa shape index (κ3) is 4.24. The number of hydrogen-bond donors (Lipinski definition) is 1. The number of benzene rings is 1. The Bertz CT molecular complexity index is 763. The number of ether oxygens (including phenoxy) is 3. The molecule has 0 saturated heterocycles. The molecule has 6 nitrogen and oxygen atoms in total. The Hall–Kier alpha value is -3.04. The molecule has 0 spiro atoms. The fraction of sp³-hybridized carbons (Fsp3) is 0.143. The van der Waals surface area contributed by atoms with Gasteiger partial charge in [-0.2, -0.15) is 4.39 Å². The van der Waals surface area contributed by atoms with Crippen molar-refractivity contribution in [3.05, 3.63) is 42.0 Å². The molecule has 0 atom stereocenters. The predicted molar refractivity (Wildman–Crippen MR) is 70.9 cm³/mol. The van der Waals surface area contributed by atoms with E-state index in [4.69, 9.17) is 14.6 Å². The molecule has 1 aromatic heterocycles. The molecule has 0 fully saturated rings. The number of aromatic carboxylic acids is 1. The standard InChI is InChI=1S/C14H9F4NO5/c1-22-10-4-7(24-14(16,17)18)2-3-9(10)23-11-6-19-12(15)5-8(11)13(20)21/h2-6H,1H3,(H,20,21). The lowest BCUT2D eigenvalue weighted by molar-refractivity contribution is -0.274. The van der Waals surface area contributed by atoms with Gasteiger partial charge in [0.1, 0.15) is 11.3 Å². The molecule has 2 aromatic rings. The number of alkyl halides is 3. The number of carboxylic acid groups (broad SMARTS) is 1. The van der Waals surface area contributed by atoms with Gasteiger partial charge in [-0.05, 0) is 12.1 Å². The van der Waals surface area contributed by atoms with Crippen LogP contribution in [0.1, 0.15) is 10.4 Å². The molecule has 1 aromatic carbocycles. The summed E-state index contributed by atoms with van der Waals surface area (Å²) in [5.41, 5.74) is -0.514. The van der Waals surface area contributed by atoms with Crippen molar-refractivity contribution in [2.75, 3.05) is 7.11 Å². The van der Waals surface area contributed by atoms with Crippen molar-refractivity contribution in [1.82, 2.24) is 4.98 Å². The van der Waals surface area contributed by atoms with E-state index in [9.17, 15) is 22.4 Å². The van der Waals surface area contributed by atoms with E-state index in [0.717, 1.165) is 24.4 Å². The van der Waals surface area contributed by atoms with Gasteiger partial charge in [0, 0.05) is 12.1 Å². The molecule has 0 aliphatic heterocycles. The number of methoxy groups -OCH3 is 1. The first-order valence-corrected chi connectivity index (χ1v) is 6.20. The minimum absolute atomic E-state index is 0.108. The van der Waals surface area contributed by atoms with Gasteiger partial charge in [0.15, 0.2) is 17.2 Å². The molecule has 0 saturated carbocycles. The minimum Gasteiger partial charge on any atom is -0.493 e. The quantitative estimate of drug-likeness (QED) is 0.657. The van der Waals surface area contributed by atoms with E-state index >= 15 is 0 Å². The molecule has 24 heavy (non-hydrogen) atoms. The fourth-order valence-corrected chi connectivity index (χ4v) is 1.71. The number of hydrogen-bond acceptors (Lipinski definition) is 5. The van der Waals surface area contributed by atoms with Gasteiger partial charge in [-0.15, -0.1) is 13.2 Å². The van der Waals surface area contributed by atoms with Crippen molar-refractivity contribution in [3.8, 4) is 23.0 Å². The second-order valence-corrected chi connectivity index (χ2v) is 4.27. The number of carbonyl (C=O) groups is 1. The lowest BCUT2D eigenvalue weighted by Crippen LogP contribution is -2.17. The van der Waals surface area contributed by atoms with Crippen LogP contribution in [0.4, 0.5) is 17.6 Å². The largest absolute Gasteiger partial charge is 0.573 e. The van der Waals surface area contributed by atoms with Crippen LogP contribution < -0.4 is 14.2 Å². The van der Waals surface area contributed by atoms with Crippen LogP contribution in [0.5, 0.6) is 23.0 Å². The summed E-state index contributed by atoms with van der Waals surface area (Å²) in [6, 6.07) is 3.57. The van der Waals surface area contributed by atoms with Crippen LogP contribution >= 0.6 is 0 Å². The monoisotopic (exact) mass is 347 g/mol. The van der Waals surface area contributed by atoms with Gasteiger partial charge in [-0.3, -0.25) is 0 Å². The van der Waals surface area contributed by atoms with Crippen molar-refractivity contribution in [3.63, 3.8) is 0 Å². The van der Waals surface area contributed by atoms with Crippen LogP contribution in [0.3, 0.4) is 0 Å². The Labute approximate surface area is 132 Å². The van der Waals surface area contributed by atoms with Gasteiger partial charge in [0.05, 0.1) is 13.3 Å². The van der Waals surface area contributed by atoms with Crippen LogP contribution in [0, 0.1) is 5.95 Å². The number of rotatable bonds is 5. The van der Waals surface area contributed by atoms with Gasteiger partial charge < -0.3 is 19.3 Å². The second-order valence-electron chi connectivity index (χ2n) is 4.27. The first kappa shape index (κ1) is 17.3. The van der Waals surface area contributed by atoms with Crippen molar-refractivity contribution in [1.29, 1.82) is 0 Å². The SMILES string of the molecule is COc1cc(OC(F)(F)F)ccc1Oc1cnc(F)cc1C(=O)O. The molecular weight excluding hydrogens is 338 g/mol. The van der Waals surface area contributed by atoms with Crippen molar-refractivity contribution >= 4 is 5.97 Å². The number of halogens is 4. The van der Waals surface area contributed by atoms with Gasteiger partial charge in [-0.25, -0.2) is 9.78 Å². The van der Waals surface area contributed by atoms with E-state index in [2.05, 4.69) is 9.72 Å². The molecule has 128 valence electrons. The van der Waals surface area contributed by atoms with E-state index in [1.54, 1.807) is 0 Å². The minimum atomic E-state index is -4.88. The first-order chi connectivity index (χ1) is 11.2. The number of carboxylic acids is 1. The Morgan fingerprint density at radius 1 is 1.17 bits per heavy atom. The highest BCUT2D eigenvalue weighted by Gasteiger charge is 2.31. The van der Waals surface area contributed by atoms with E-state index in [-0.39, 0.29) is 17.2 Å². The molecule has 0 amide bonds. The average Bonchev–Trinajstić information content (AvgIpc) is 2.48. The van der Waals surface area contributed by atoms with E-state index in [0.29, 0.717) is 6.07 Å². The highest BCUT2D eigenvalue weighted by Crippen LogP contribution is 2.37. The smallest absolute Gasteiger partial charge is 0.493 e. The van der Waals surface area contributed by atoms with Crippen molar-refractivity contribution in [2.45, 2.75) is 6.36 Å². The van der Waals surface area contributed by atoms with Crippen LogP contribution in [-0.2, 0) is 0 Å². The van der Waals surface area contributed by atoms with Gasteiger partial charge in [0.25, 0.3) is 0 Å². The molecule has 0 aliphatic carbocycles. The third-order valence-electron chi connectivity index (χ3n) is 2.65. The maximum absolute atomic E-state index is 13.0. The molecule has 0 unspecified atom stereocenters. The lowest BCUT2D eigenvalue weighted by atomic mass is 10.2. The van der Waals surface area contributed by atoms with Crippen LogP contribution in [0.2, 0.25) is 0 Å². The Balaban J connectivity index is 2.35. The Morgan fingerprint density at radius 3 is 2.46 bits per heavy atom. The maximum Gasteiger partial charge on any atom is 0.573 e. The fourth-order valence-electron chi connectivity index (χ4n) is 1.71. The summed E-state index contributed by atoms with van der Waals surface area (Å²) >= 11 is 0. The molecule has 0 radical (unpaired) electrons. The summed E-state index contributed by atoms with van der Waals surface area (Å²) in [7, 11) is 1.17. The molecule has 1 N–H and O–H groups in total. The lowest BCUT2D eigenvalue weighted by Gasteiger charge is -2.14. The number of nitrogens with zero attached hydrogens (tertiary/aromatic N) is 1. The molecule has 1 heterocycles. The average molecular weight is 347 g/mol. The summed E-state index contributed by atoms with van der Waals surface area (Å²) in [5.74, 6) is -3.63. The van der Waals surface area contributed by atoms with E-state index in [1.807, 2.05) is 0 Å². The molecule has 10 heteroatoms. The van der Waals surface area contributed by atoms with Crippen molar-refractivity contribution < 1.29 is 41.7 Å². The maximum atomic E-state index is 13.0. The van der Waals surface area contributed by atoms with E-state index < -0.39 is 29.6 Å². The van der Waals surface area contributed by atoms with Gasteiger partial charge in [-0.1, -0.05) is 0 Å². The normalized spacial score (nSPS) is 11.0. The van der Waals surface area contributed by atoms with Crippen LogP contribution in [0.15, 0.2) is 30.5 Å². The number of pyridine rings is 1. The second kappa shape index (κ2) is 6.60. The highest BCUT2D eigenvalue weighted by atomic mass is 19.4. The zero-order chi connectivity index (χ0) is 17.9. The third-order valence-corrected chi connectivity index (χ3v) is 2.65. The first-order valence-electron chi connectivity index (χ1n) is 6.20. The Morgan fingerprint density at radius 2 is 1.88 bits per heavy atom. The Kier molecular flexibility index (Phi) is 4.77. The molecule has 2 rings (SSSR count). The summed E-state index contributed by atoms with van der Waals surface area (Å²) < 4.78 is 63.5. The van der Waals surface area contributed by atoms with E-state index in [1.165, 1.54) is 7.11 Å². The summed E-state index contributed by atoms with van der Waals surface area (Å²) in [4.78, 5) is 14.3.